The fraction of sp³-hybridized carbons (Fsp3) is 0.500. The Kier molecular flexibility index (Phi) is 10.4. The molecule has 0 saturated heterocycles. The van der Waals surface area contributed by atoms with E-state index in [-0.39, 0.29) is 29.9 Å². The van der Waals surface area contributed by atoms with Crippen LogP contribution in [0, 0.1) is 0 Å². The predicted molar refractivity (Wildman–Crippen MR) is 115 cm³/mol. The van der Waals surface area contributed by atoms with Gasteiger partial charge in [0.15, 0.2) is 5.96 Å². The largest absolute Gasteiger partial charge is 0.433 e. The summed E-state index contributed by atoms with van der Waals surface area (Å²) >= 11 is 1.63. The number of hydrogen-bond acceptors (Lipinski definition) is 6. The molecule has 0 aliphatic heterocycles. The first-order valence-electron chi connectivity index (χ1n) is 8.52. The van der Waals surface area contributed by atoms with E-state index in [4.69, 9.17) is 0 Å². The maximum atomic E-state index is 12.6. The van der Waals surface area contributed by atoms with Crippen LogP contribution in [-0.2, 0) is 19.1 Å². The van der Waals surface area contributed by atoms with Crippen LogP contribution in [0.5, 0.6) is 0 Å². The van der Waals surface area contributed by atoms with E-state index in [2.05, 4.69) is 42.8 Å². The third-order valence-corrected chi connectivity index (χ3v) is 4.44. The molecule has 2 rings (SSSR count). The third kappa shape index (κ3) is 8.12. The van der Waals surface area contributed by atoms with Gasteiger partial charge in [0.1, 0.15) is 10.7 Å². The van der Waals surface area contributed by atoms with Crippen LogP contribution in [-0.4, -0.2) is 40.5 Å². The Morgan fingerprint density at radius 1 is 1.18 bits per heavy atom. The van der Waals surface area contributed by atoms with Crippen LogP contribution in [0.2, 0.25) is 0 Å². The van der Waals surface area contributed by atoms with Gasteiger partial charge >= 0.3 is 6.18 Å². The first kappa shape index (κ1) is 24.3. The highest BCUT2D eigenvalue weighted by atomic mass is 127. The molecule has 0 amide bonds. The fourth-order valence-corrected chi connectivity index (χ4v) is 2.82. The van der Waals surface area contributed by atoms with Crippen molar-refractivity contribution in [3.8, 4) is 0 Å². The number of alkyl halides is 3. The number of aryl methyl sites for hydroxylation is 1. The van der Waals surface area contributed by atoms with Crippen LogP contribution in [0.25, 0.3) is 0 Å². The zero-order valence-corrected chi connectivity index (χ0v) is 18.7. The zero-order chi connectivity index (χ0) is 19.7. The lowest BCUT2D eigenvalue weighted by Crippen LogP contribution is -2.39. The minimum absolute atomic E-state index is 0. The van der Waals surface area contributed by atoms with Gasteiger partial charge in [0.05, 0.1) is 6.54 Å². The summed E-state index contributed by atoms with van der Waals surface area (Å²) < 4.78 is 37.9. The van der Waals surface area contributed by atoms with Gasteiger partial charge in [0, 0.05) is 36.9 Å². The summed E-state index contributed by atoms with van der Waals surface area (Å²) in [6, 6.07) is 0.835. The van der Waals surface area contributed by atoms with E-state index in [1.807, 2.05) is 13.1 Å². The zero-order valence-electron chi connectivity index (χ0n) is 15.5. The van der Waals surface area contributed by atoms with E-state index in [0.717, 1.165) is 23.7 Å². The number of thiazole rings is 1. The summed E-state index contributed by atoms with van der Waals surface area (Å²) in [5.74, 6) is 0.543. The fourth-order valence-electron chi connectivity index (χ4n) is 2.03. The summed E-state index contributed by atoms with van der Waals surface area (Å²) in [5.41, 5.74) is -0.974. The van der Waals surface area contributed by atoms with Crippen molar-refractivity contribution in [2.75, 3.05) is 25.0 Å². The van der Waals surface area contributed by atoms with Crippen molar-refractivity contribution in [1.82, 2.24) is 25.6 Å². The van der Waals surface area contributed by atoms with Gasteiger partial charge in [-0.15, -0.1) is 35.3 Å². The molecule has 0 unspecified atom stereocenters. The second-order valence-corrected chi connectivity index (χ2v) is 6.59. The molecule has 0 spiro atoms. The Labute approximate surface area is 182 Å². The Balaban J connectivity index is 0.00000392. The highest BCUT2D eigenvalue weighted by Gasteiger charge is 2.32. The second-order valence-electron chi connectivity index (χ2n) is 5.39. The molecule has 7 nitrogen and oxygen atoms in total. The van der Waals surface area contributed by atoms with Crippen LogP contribution in [0.3, 0.4) is 0 Å². The maximum absolute atomic E-state index is 12.6. The van der Waals surface area contributed by atoms with E-state index < -0.39 is 11.9 Å². The van der Waals surface area contributed by atoms with Gasteiger partial charge in [-0.1, -0.05) is 6.92 Å². The maximum Gasteiger partial charge on any atom is 0.433 e. The van der Waals surface area contributed by atoms with Crippen molar-refractivity contribution >= 4 is 47.2 Å². The molecule has 12 heteroatoms. The molecule has 2 aromatic rings. The van der Waals surface area contributed by atoms with E-state index in [1.165, 1.54) is 4.88 Å². The van der Waals surface area contributed by atoms with Crippen LogP contribution in [0.15, 0.2) is 23.5 Å². The molecule has 0 aromatic carbocycles. The highest BCUT2D eigenvalue weighted by molar-refractivity contribution is 14.0. The van der Waals surface area contributed by atoms with Gasteiger partial charge in [0.2, 0.25) is 5.95 Å². The topological polar surface area (TPSA) is 87.1 Å². The Morgan fingerprint density at radius 2 is 1.96 bits per heavy atom. The van der Waals surface area contributed by atoms with Gasteiger partial charge in [-0.3, -0.25) is 0 Å². The molecule has 2 heterocycles. The lowest BCUT2D eigenvalue weighted by atomic mass is 10.4. The van der Waals surface area contributed by atoms with Crippen molar-refractivity contribution in [1.29, 1.82) is 0 Å². The van der Waals surface area contributed by atoms with E-state index in [0.29, 0.717) is 32.1 Å². The van der Waals surface area contributed by atoms with Gasteiger partial charge in [0.25, 0.3) is 0 Å². The van der Waals surface area contributed by atoms with Gasteiger partial charge in [-0.2, -0.15) is 13.2 Å². The summed E-state index contributed by atoms with van der Waals surface area (Å²) in [7, 11) is 0. The summed E-state index contributed by atoms with van der Waals surface area (Å²) in [6.07, 6.45) is -0.608. The molecule has 0 atom stereocenters. The molecule has 28 heavy (non-hydrogen) atoms. The Hall–Kier alpha value is -1.70. The molecule has 0 aliphatic carbocycles. The number of anilines is 1. The molecule has 0 saturated carbocycles. The quantitative estimate of drug-likeness (QED) is 0.211. The van der Waals surface area contributed by atoms with Crippen LogP contribution in [0.1, 0.15) is 29.4 Å². The summed E-state index contributed by atoms with van der Waals surface area (Å²) in [5, 5.41) is 9.90. The SMILES string of the molecule is CCNC(=NCc1ncc(CC)s1)NCCNc1nccc(C(F)(F)F)n1.I. The minimum atomic E-state index is -4.49. The van der Waals surface area contributed by atoms with Crippen molar-refractivity contribution < 1.29 is 13.2 Å². The number of rotatable bonds is 8. The smallest absolute Gasteiger partial charge is 0.357 e. The van der Waals surface area contributed by atoms with E-state index >= 15 is 0 Å². The first-order chi connectivity index (χ1) is 12.9. The van der Waals surface area contributed by atoms with E-state index in [1.54, 1.807) is 11.3 Å². The number of guanidine groups is 1. The molecule has 0 bridgehead atoms. The van der Waals surface area contributed by atoms with E-state index in [9.17, 15) is 13.2 Å². The average Bonchev–Trinajstić information content (AvgIpc) is 3.11. The van der Waals surface area contributed by atoms with Gasteiger partial charge in [-0.25, -0.2) is 19.9 Å². The summed E-state index contributed by atoms with van der Waals surface area (Å²) in [4.78, 5) is 17.2. The number of nitrogens with zero attached hydrogens (tertiary/aromatic N) is 4. The number of aromatic nitrogens is 3. The number of hydrogen-bond donors (Lipinski definition) is 3. The normalized spacial score (nSPS) is 11.7. The lowest BCUT2D eigenvalue weighted by Gasteiger charge is -2.12. The molecule has 2 aromatic heterocycles. The molecule has 0 fully saturated rings. The summed E-state index contributed by atoms with van der Waals surface area (Å²) in [6.45, 7) is 5.95. The molecule has 156 valence electrons. The molecule has 0 radical (unpaired) electrons. The predicted octanol–water partition coefficient (Wildman–Crippen LogP) is 3.30. The number of nitrogens with one attached hydrogen (secondary N) is 3. The van der Waals surface area contributed by atoms with Crippen LogP contribution < -0.4 is 16.0 Å². The van der Waals surface area contributed by atoms with Crippen molar-refractivity contribution in [3.05, 3.63) is 34.0 Å². The molecular weight excluding hydrogens is 506 g/mol. The number of halogens is 4. The van der Waals surface area contributed by atoms with Crippen molar-refractivity contribution in [2.24, 2.45) is 4.99 Å². The number of aliphatic imine (C=N–C) groups is 1. The van der Waals surface area contributed by atoms with Crippen molar-refractivity contribution in [3.63, 3.8) is 0 Å². The standard InChI is InChI=1S/C16H22F3N7S.HI/c1-3-11-9-24-13(27-11)10-25-14(20-4-2)22-7-8-23-15-21-6-5-12(26-15)16(17,18)19;/h5-6,9H,3-4,7-8,10H2,1-2H3,(H2,20,22,25)(H,21,23,26);1H. The van der Waals surface area contributed by atoms with Crippen LogP contribution in [0.4, 0.5) is 19.1 Å². The van der Waals surface area contributed by atoms with Crippen LogP contribution >= 0.6 is 35.3 Å². The van der Waals surface area contributed by atoms with Gasteiger partial charge in [-0.05, 0) is 19.4 Å². The molecular formula is C16H23F3IN7S. The second kappa shape index (κ2) is 12.0. The lowest BCUT2D eigenvalue weighted by molar-refractivity contribution is -0.141. The van der Waals surface area contributed by atoms with Gasteiger partial charge < -0.3 is 16.0 Å². The molecule has 3 N–H and O–H groups in total. The first-order valence-corrected chi connectivity index (χ1v) is 9.34. The minimum Gasteiger partial charge on any atom is -0.357 e. The third-order valence-electron chi connectivity index (χ3n) is 3.31. The Bertz CT molecular complexity index is 752. The Morgan fingerprint density at radius 3 is 2.61 bits per heavy atom. The van der Waals surface area contributed by atoms with Crippen molar-refractivity contribution in [2.45, 2.75) is 33.0 Å². The molecule has 0 aliphatic rings. The average molecular weight is 529 g/mol. The highest BCUT2D eigenvalue weighted by Crippen LogP contribution is 2.27. The monoisotopic (exact) mass is 529 g/mol.